The van der Waals surface area contributed by atoms with Crippen LogP contribution in [0.2, 0.25) is 0 Å². The van der Waals surface area contributed by atoms with E-state index in [1.165, 1.54) is 0 Å². The molecule has 1 unspecified atom stereocenters. The van der Waals surface area contributed by atoms with Crippen LogP contribution in [-0.4, -0.2) is 42.2 Å². The van der Waals surface area contributed by atoms with Gasteiger partial charge in [-0.25, -0.2) is 9.78 Å². The molecule has 0 aliphatic carbocycles. The third-order valence-electron chi connectivity index (χ3n) is 4.08. The molecular formula is C20H25N3O3. The Morgan fingerprint density at radius 1 is 1.31 bits per heavy atom. The van der Waals surface area contributed by atoms with Crippen molar-refractivity contribution in [2.45, 2.75) is 20.0 Å². The number of pyridine rings is 1. The third kappa shape index (κ3) is 4.95. The zero-order valence-corrected chi connectivity index (χ0v) is 15.2. The van der Waals surface area contributed by atoms with Crippen LogP contribution in [0.25, 0.3) is 0 Å². The molecule has 1 N–H and O–H groups in total. The van der Waals surface area contributed by atoms with E-state index in [4.69, 9.17) is 9.47 Å². The molecule has 0 radical (unpaired) electrons. The van der Waals surface area contributed by atoms with Gasteiger partial charge in [-0.05, 0) is 17.5 Å². The van der Waals surface area contributed by atoms with Gasteiger partial charge in [0.2, 0.25) is 5.88 Å². The summed E-state index contributed by atoms with van der Waals surface area (Å²) in [5, 5.41) is 2.89. The normalized spacial score (nSPS) is 17.2. The molecular weight excluding hydrogens is 330 g/mol. The van der Waals surface area contributed by atoms with Gasteiger partial charge in [-0.3, -0.25) is 0 Å². The second kappa shape index (κ2) is 8.67. The highest BCUT2D eigenvalue weighted by Crippen LogP contribution is 2.22. The van der Waals surface area contributed by atoms with E-state index in [1.54, 1.807) is 23.2 Å². The summed E-state index contributed by atoms with van der Waals surface area (Å²) in [6, 6.07) is 13.4. The van der Waals surface area contributed by atoms with Gasteiger partial charge in [-0.15, -0.1) is 0 Å². The van der Waals surface area contributed by atoms with Gasteiger partial charge in [-0.1, -0.05) is 44.2 Å². The number of nitrogens with one attached hydrogen (secondary N) is 1. The highest BCUT2D eigenvalue weighted by atomic mass is 16.5. The monoisotopic (exact) mass is 355 g/mol. The van der Waals surface area contributed by atoms with E-state index in [-0.39, 0.29) is 12.1 Å². The number of urea groups is 1. The minimum atomic E-state index is -0.146. The average molecular weight is 355 g/mol. The van der Waals surface area contributed by atoms with Crippen molar-refractivity contribution in [2.24, 2.45) is 5.92 Å². The standard InChI is InChI=1S/C20H25N3O3/c1-15(2)14-26-19-9-8-17(12-21-19)22-20(24)23-10-11-25-18(13-23)16-6-4-3-5-7-16/h3-9,12,15,18H,10-11,13-14H2,1-2H3,(H,22,24). The topological polar surface area (TPSA) is 63.7 Å². The quantitative estimate of drug-likeness (QED) is 0.888. The summed E-state index contributed by atoms with van der Waals surface area (Å²) in [6.07, 6.45) is 1.52. The molecule has 1 saturated heterocycles. The number of rotatable bonds is 5. The van der Waals surface area contributed by atoms with Crippen LogP contribution < -0.4 is 10.1 Å². The van der Waals surface area contributed by atoms with Crippen molar-refractivity contribution in [3.63, 3.8) is 0 Å². The van der Waals surface area contributed by atoms with Gasteiger partial charge in [0.1, 0.15) is 6.10 Å². The lowest BCUT2D eigenvalue weighted by Crippen LogP contribution is -2.44. The number of ether oxygens (including phenoxy) is 2. The molecule has 1 aromatic heterocycles. The number of morpholine rings is 1. The zero-order chi connectivity index (χ0) is 18.4. The molecule has 0 saturated carbocycles. The molecule has 1 fully saturated rings. The van der Waals surface area contributed by atoms with E-state index in [0.29, 0.717) is 43.8 Å². The molecule has 1 aliphatic heterocycles. The zero-order valence-electron chi connectivity index (χ0n) is 15.2. The fraction of sp³-hybridized carbons (Fsp3) is 0.400. The lowest BCUT2D eigenvalue weighted by atomic mass is 10.1. The maximum atomic E-state index is 12.5. The molecule has 2 heterocycles. The summed E-state index contributed by atoms with van der Waals surface area (Å²) in [5.74, 6) is 1.00. The first-order chi connectivity index (χ1) is 12.6. The Balaban J connectivity index is 1.55. The smallest absolute Gasteiger partial charge is 0.322 e. The first-order valence-electron chi connectivity index (χ1n) is 8.93. The molecule has 1 atom stereocenters. The van der Waals surface area contributed by atoms with Crippen molar-refractivity contribution in [2.75, 3.05) is 31.6 Å². The van der Waals surface area contributed by atoms with Crippen molar-refractivity contribution >= 4 is 11.7 Å². The number of nitrogens with zero attached hydrogens (tertiary/aromatic N) is 2. The number of benzene rings is 1. The first-order valence-corrected chi connectivity index (χ1v) is 8.93. The highest BCUT2D eigenvalue weighted by molar-refractivity contribution is 5.89. The van der Waals surface area contributed by atoms with Crippen LogP contribution in [0, 0.1) is 5.92 Å². The lowest BCUT2D eigenvalue weighted by molar-refractivity contribution is -0.0135. The van der Waals surface area contributed by atoms with Crippen LogP contribution in [0.15, 0.2) is 48.7 Å². The van der Waals surface area contributed by atoms with Gasteiger partial charge in [0.15, 0.2) is 0 Å². The number of hydrogen-bond donors (Lipinski definition) is 1. The Hall–Kier alpha value is -2.60. The van der Waals surface area contributed by atoms with Gasteiger partial charge in [0.05, 0.1) is 31.6 Å². The lowest BCUT2D eigenvalue weighted by Gasteiger charge is -2.33. The molecule has 1 aliphatic rings. The second-order valence-corrected chi connectivity index (χ2v) is 6.74. The predicted molar refractivity (Wildman–Crippen MR) is 100 cm³/mol. The van der Waals surface area contributed by atoms with Crippen LogP contribution in [0.3, 0.4) is 0 Å². The fourth-order valence-electron chi connectivity index (χ4n) is 2.70. The molecule has 3 rings (SSSR count). The Morgan fingerprint density at radius 2 is 2.12 bits per heavy atom. The summed E-state index contributed by atoms with van der Waals surface area (Å²) in [4.78, 5) is 18.5. The molecule has 0 bridgehead atoms. The van der Waals surface area contributed by atoms with Gasteiger partial charge in [-0.2, -0.15) is 0 Å². The van der Waals surface area contributed by atoms with E-state index in [2.05, 4.69) is 24.1 Å². The number of carbonyl (C=O) groups is 1. The minimum Gasteiger partial charge on any atom is -0.477 e. The third-order valence-corrected chi connectivity index (χ3v) is 4.08. The first kappa shape index (κ1) is 18.2. The highest BCUT2D eigenvalue weighted by Gasteiger charge is 2.25. The van der Waals surface area contributed by atoms with Crippen molar-refractivity contribution in [1.29, 1.82) is 0 Å². The van der Waals surface area contributed by atoms with Crippen molar-refractivity contribution in [3.8, 4) is 5.88 Å². The summed E-state index contributed by atoms with van der Waals surface area (Å²) >= 11 is 0. The Morgan fingerprint density at radius 3 is 2.81 bits per heavy atom. The van der Waals surface area contributed by atoms with Gasteiger partial charge in [0, 0.05) is 12.6 Å². The van der Waals surface area contributed by atoms with E-state index >= 15 is 0 Å². The predicted octanol–water partition coefficient (Wildman–Crippen LogP) is 3.72. The number of aromatic nitrogens is 1. The maximum absolute atomic E-state index is 12.5. The Labute approximate surface area is 154 Å². The van der Waals surface area contributed by atoms with E-state index in [9.17, 15) is 4.79 Å². The fourth-order valence-corrected chi connectivity index (χ4v) is 2.70. The van der Waals surface area contributed by atoms with Crippen LogP contribution in [0.4, 0.5) is 10.5 Å². The van der Waals surface area contributed by atoms with Crippen LogP contribution in [0.1, 0.15) is 25.5 Å². The minimum absolute atomic E-state index is 0.0966. The van der Waals surface area contributed by atoms with Gasteiger partial charge < -0.3 is 19.7 Å². The van der Waals surface area contributed by atoms with E-state index in [0.717, 1.165) is 5.56 Å². The number of hydrogen-bond acceptors (Lipinski definition) is 4. The average Bonchev–Trinajstić information content (AvgIpc) is 2.68. The van der Waals surface area contributed by atoms with E-state index in [1.807, 2.05) is 30.3 Å². The molecule has 1 aromatic carbocycles. The Bertz CT molecular complexity index is 704. The summed E-state index contributed by atoms with van der Waals surface area (Å²) in [6.45, 7) is 6.40. The Kier molecular flexibility index (Phi) is 6.07. The SMILES string of the molecule is CC(C)COc1ccc(NC(=O)N2CCOC(c3ccccc3)C2)cn1. The summed E-state index contributed by atoms with van der Waals surface area (Å²) < 4.78 is 11.4. The number of amides is 2. The molecule has 6 nitrogen and oxygen atoms in total. The van der Waals surface area contributed by atoms with Crippen molar-refractivity contribution < 1.29 is 14.3 Å². The molecule has 6 heteroatoms. The van der Waals surface area contributed by atoms with Gasteiger partial charge >= 0.3 is 6.03 Å². The molecule has 2 aromatic rings. The maximum Gasteiger partial charge on any atom is 0.322 e. The molecule has 2 amide bonds. The molecule has 26 heavy (non-hydrogen) atoms. The largest absolute Gasteiger partial charge is 0.477 e. The van der Waals surface area contributed by atoms with Crippen LogP contribution >= 0.6 is 0 Å². The molecule has 0 spiro atoms. The number of carbonyl (C=O) groups excluding carboxylic acids is 1. The number of anilines is 1. The van der Waals surface area contributed by atoms with Crippen molar-refractivity contribution in [1.82, 2.24) is 9.88 Å². The summed E-state index contributed by atoms with van der Waals surface area (Å²) in [7, 11) is 0. The van der Waals surface area contributed by atoms with Crippen LogP contribution in [-0.2, 0) is 4.74 Å². The van der Waals surface area contributed by atoms with E-state index < -0.39 is 0 Å². The van der Waals surface area contributed by atoms with Crippen LogP contribution in [0.5, 0.6) is 5.88 Å². The van der Waals surface area contributed by atoms with Gasteiger partial charge in [0.25, 0.3) is 0 Å². The molecule has 138 valence electrons. The van der Waals surface area contributed by atoms with Crippen molar-refractivity contribution in [3.05, 3.63) is 54.2 Å². The summed E-state index contributed by atoms with van der Waals surface area (Å²) in [5.41, 5.74) is 1.73. The second-order valence-electron chi connectivity index (χ2n) is 6.74.